The van der Waals surface area contributed by atoms with Crippen LogP contribution in [0.5, 0.6) is 0 Å². The van der Waals surface area contributed by atoms with E-state index in [0.29, 0.717) is 26.2 Å². The highest BCUT2D eigenvalue weighted by Gasteiger charge is 2.32. The van der Waals surface area contributed by atoms with E-state index in [1.165, 1.54) is 12.1 Å². The molecule has 1 aliphatic heterocycles. The van der Waals surface area contributed by atoms with Gasteiger partial charge in [0.1, 0.15) is 11.4 Å². The molecule has 3 rings (SSSR count). The molecule has 0 amide bonds. The number of nitrogens with one attached hydrogen (secondary N) is 1. The van der Waals surface area contributed by atoms with E-state index in [2.05, 4.69) is 5.32 Å². The number of hydrogen-bond acceptors (Lipinski definition) is 3. The molecule has 2 unspecified atom stereocenters. The third kappa shape index (κ3) is 3.53. The fourth-order valence-corrected chi connectivity index (χ4v) is 2.76. The van der Waals surface area contributed by atoms with E-state index in [-0.39, 0.29) is 11.9 Å². The van der Waals surface area contributed by atoms with Crippen molar-refractivity contribution in [3.8, 4) is 0 Å². The summed E-state index contributed by atoms with van der Waals surface area (Å²) in [4.78, 5) is 0. The highest BCUT2D eigenvalue weighted by atomic mass is 19.1. The first-order chi connectivity index (χ1) is 10.7. The molecule has 4 heteroatoms. The van der Waals surface area contributed by atoms with Gasteiger partial charge in [0.05, 0.1) is 12.6 Å². The molecule has 22 heavy (non-hydrogen) atoms. The maximum absolute atomic E-state index is 13.2. The molecule has 1 aliphatic rings. The minimum Gasteiger partial charge on any atom is -0.386 e. The molecular weight excluding hydrogens is 281 g/mol. The maximum atomic E-state index is 13.2. The number of ether oxygens (including phenoxy) is 1. The summed E-state index contributed by atoms with van der Waals surface area (Å²) in [6, 6.07) is 16.3. The number of halogens is 1. The highest BCUT2D eigenvalue weighted by molar-refractivity contribution is 5.31. The van der Waals surface area contributed by atoms with Gasteiger partial charge >= 0.3 is 0 Å². The van der Waals surface area contributed by atoms with Gasteiger partial charge in [-0.15, -0.1) is 0 Å². The Hall–Kier alpha value is -1.75. The summed E-state index contributed by atoms with van der Waals surface area (Å²) in [5.74, 6) is -0.251. The van der Waals surface area contributed by atoms with Gasteiger partial charge in [-0.05, 0) is 23.3 Å². The number of rotatable bonds is 5. The van der Waals surface area contributed by atoms with Crippen LogP contribution in [0, 0.1) is 5.82 Å². The maximum Gasteiger partial charge on any atom is 0.123 e. The lowest BCUT2D eigenvalue weighted by atomic mass is 9.96. The van der Waals surface area contributed by atoms with Crippen molar-refractivity contribution in [1.82, 2.24) is 5.32 Å². The lowest BCUT2D eigenvalue weighted by Crippen LogP contribution is -2.42. The third-order valence-electron chi connectivity index (χ3n) is 4.05. The Balaban J connectivity index is 1.81. The zero-order valence-electron chi connectivity index (χ0n) is 12.3. The quantitative estimate of drug-likeness (QED) is 0.892. The van der Waals surface area contributed by atoms with Crippen molar-refractivity contribution < 1.29 is 14.2 Å². The van der Waals surface area contributed by atoms with Gasteiger partial charge in [-0.1, -0.05) is 42.5 Å². The molecule has 116 valence electrons. The molecule has 1 fully saturated rings. The van der Waals surface area contributed by atoms with Crippen LogP contribution in [0.2, 0.25) is 0 Å². The fraction of sp³-hybridized carbons (Fsp3) is 0.333. The van der Waals surface area contributed by atoms with E-state index in [9.17, 15) is 9.50 Å². The smallest absolute Gasteiger partial charge is 0.123 e. The molecule has 0 spiro atoms. The van der Waals surface area contributed by atoms with E-state index in [1.54, 1.807) is 12.1 Å². The summed E-state index contributed by atoms with van der Waals surface area (Å²) in [6.07, 6.45) is 0.630. The van der Waals surface area contributed by atoms with E-state index in [0.717, 1.165) is 11.1 Å². The van der Waals surface area contributed by atoms with Gasteiger partial charge in [0.2, 0.25) is 0 Å². The Morgan fingerprint density at radius 1 is 1.09 bits per heavy atom. The summed E-state index contributed by atoms with van der Waals surface area (Å²) < 4.78 is 18.4. The predicted molar refractivity (Wildman–Crippen MR) is 83.1 cm³/mol. The molecule has 0 radical (unpaired) electrons. The lowest BCUT2D eigenvalue weighted by Gasteiger charge is -2.26. The largest absolute Gasteiger partial charge is 0.386 e. The van der Waals surface area contributed by atoms with Crippen molar-refractivity contribution in [3.63, 3.8) is 0 Å². The van der Waals surface area contributed by atoms with Crippen LogP contribution in [-0.4, -0.2) is 30.5 Å². The van der Waals surface area contributed by atoms with Crippen LogP contribution >= 0.6 is 0 Å². The van der Waals surface area contributed by atoms with Gasteiger partial charge in [-0.25, -0.2) is 4.39 Å². The minimum atomic E-state index is -0.826. The van der Waals surface area contributed by atoms with Gasteiger partial charge < -0.3 is 15.2 Å². The number of benzene rings is 2. The first-order valence-corrected chi connectivity index (χ1v) is 7.50. The molecule has 3 nitrogen and oxygen atoms in total. The van der Waals surface area contributed by atoms with Crippen molar-refractivity contribution >= 4 is 0 Å². The Morgan fingerprint density at radius 3 is 2.41 bits per heavy atom. The van der Waals surface area contributed by atoms with Gasteiger partial charge in [-0.2, -0.15) is 0 Å². The van der Waals surface area contributed by atoms with Crippen molar-refractivity contribution in [3.05, 3.63) is 71.5 Å². The normalized spacial score (nSPS) is 22.6. The van der Waals surface area contributed by atoms with Crippen LogP contribution in [0.3, 0.4) is 0 Å². The highest BCUT2D eigenvalue weighted by Crippen LogP contribution is 2.24. The summed E-state index contributed by atoms with van der Waals surface area (Å²) in [7, 11) is 0. The Morgan fingerprint density at radius 2 is 1.77 bits per heavy atom. The van der Waals surface area contributed by atoms with E-state index < -0.39 is 5.60 Å². The molecule has 2 aromatic rings. The Kier molecular flexibility index (Phi) is 4.52. The summed E-state index contributed by atoms with van der Waals surface area (Å²) in [6.45, 7) is 1.37. The Bertz CT molecular complexity index is 594. The van der Waals surface area contributed by atoms with E-state index in [1.807, 2.05) is 30.3 Å². The third-order valence-corrected chi connectivity index (χ3v) is 4.05. The average Bonchev–Trinajstić information content (AvgIpc) is 2.97. The van der Waals surface area contributed by atoms with Crippen molar-refractivity contribution in [2.75, 3.05) is 19.8 Å². The molecule has 2 aromatic carbocycles. The van der Waals surface area contributed by atoms with Gasteiger partial charge in [0, 0.05) is 19.6 Å². The van der Waals surface area contributed by atoms with E-state index in [4.69, 9.17) is 4.74 Å². The van der Waals surface area contributed by atoms with Gasteiger partial charge in [0.25, 0.3) is 0 Å². The minimum absolute atomic E-state index is 0.0913. The van der Waals surface area contributed by atoms with Gasteiger partial charge in [0.15, 0.2) is 0 Å². The van der Waals surface area contributed by atoms with Crippen LogP contribution < -0.4 is 5.32 Å². The standard InChI is InChI=1S/C18H20FNO2/c19-16-8-6-15(7-9-16)17(14-4-2-1-3-5-14)20-12-18(21)10-11-22-13-18/h1-9,17,20-21H,10-13H2. The number of aliphatic hydroxyl groups is 1. The molecule has 0 saturated carbocycles. The van der Waals surface area contributed by atoms with Crippen LogP contribution in [0.25, 0.3) is 0 Å². The first kappa shape index (κ1) is 15.2. The average molecular weight is 301 g/mol. The SMILES string of the molecule is OC1(CNC(c2ccccc2)c2ccc(F)cc2)CCOC1. The van der Waals surface area contributed by atoms with Crippen LogP contribution in [0.4, 0.5) is 4.39 Å². The van der Waals surface area contributed by atoms with E-state index >= 15 is 0 Å². The topological polar surface area (TPSA) is 41.5 Å². The van der Waals surface area contributed by atoms with Crippen molar-refractivity contribution in [1.29, 1.82) is 0 Å². The summed E-state index contributed by atoms with van der Waals surface area (Å²) in [5, 5.41) is 13.8. The molecular formula is C18H20FNO2. The second-order valence-corrected chi connectivity index (χ2v) is 5.80. The molecule has 2 N–H and O–H groups in total. The molecule has 1 saturated heterocycles. The monoisotopic (exact) mass is 301 g/mol. The predicted octanol–water partition coefficient (Wildman–Crippen LogP) is 2.66. The van der Waals surface area contributed by atoms with Gasteiger partial charge in [-0.3, -0.25) is 0 Å². The molecule has 2 atom stereocenters. The second kappa shape index (κ2) is 6.57. The zero-order chi connectivity index (χ0) is 15.4. The molecule has 0 aliphatic carbocycles. The lowest BCUT2D eigenvalue weighted by molar-refractivity contribution is 0.0257. The summed E-state index contributed by atoms with van der Waals surface area (Å²) in [5.41, 5.74) is 1.22. The van der Waals surface area contributed by atoms with Crippen LogP contribution in [0.15, 0.2) is 54.6 Å². The van der Waals surface area contributed by atoms with Crippen molar-refractivity contribution in [2.24, 2.45) is 0 Å². The summed E-state index contributed by atoms with van der Waals surface area (Å²) >= 11 is 0. The molecule has 1 heterocycles. The molecule has 0 bridgehead atoms. The second-order valence-electron chi connectivity index (χ2n) is 5.80. The van der Waals surface area contributed by atoms with Crippen LogP contribution in [0.1, 0.15) is 23.6 Å². The molecule has 0 aromatic heterocycles. The first-order valence-electron chi connectivity index (χ1n) is 7.50. The zero-order valence-corrected chi connectivity index (χ0v) is 12.3. The fourth-order valence-electron chi connectivity index (χ4n) is 2.76. The van der Waals surface area contributed by atoms with Crippen molar-refractivity contribution in [2.45, 2.75) is 18.1 Å². The Labute approximate surface area is 129 Å². The van der Waals surface area contributed by atoms with Crippen LogP contribution in [-0.2, 0) is 4.74 Å². The number of hydrogen-bond donors (Lipinski definition) is 2.